The molecule has 0 bridgehead atoms. The topological polar surface area (TPSA) is 67.4 Å². The van der Waals surface area contributed by atoms with Gasteiger partial charge in [0, 0.05) is 51.5 Å². The Morgan fingerprint density at radius 1 is 1.50 bits per heavy atom. The summed E-state index contributed by atoms with van der Waals surface area (Å²) in [5.41, 5.74) is 5.75. The largest absolute Gasteiger partial charge is 0.337 e. The maximum atomic E-state index is 12.2. The fraction of sp³-hybridized carbons (Fsp3) is 0.667. The average molecular weight is 251 g/mol. The van der Waals surface area contributed by atoms with Crippen molar-refractivity contribution in [3.8, 4) is 0 Å². The van der Waals surface area contributed by atoms with Gasteiger partial charge >= 0.3 is 0 Å². The van der Waals surface area contributed by atoms with Gasteiger partial charge in [-0.15, -0.1) is 0 Å². The SMILES string of the molecule is CN1CCN(C(=O)CCn2ccnc2)C(CN)C1. The Labute approximate surface area is 107 Å². The second-order valence-electron chi connectivity index (χ2n) is 4.79. The van der Waals surface area contributed by atoms with Crippen LogP contribution in [-0.4, -0.2) is 64.5 Å². The number of hydrogen-bond acceptors (Lipinski definition) is 4. The van der Waals surface area contributed by atoms with Gasteiger partial charge in [-0.3, -0.25) is 4.79 Å². The number of nitrogens with two attached hydrogens (primary N) is 1. The number of likely N-dealkylation sites (N-methyl/N-ethyl adjacent to an activating group) is 1. The van der Waals surface area contributed by atoms with Crippen LogP contribution in [0.3, 0.4) is 0 Å². The van der Waals surface area contributed by atoms with Crippen molar-refractivity contribution in [1.29, 1.82) is 0 Å². The first-order valence-electron chi connectivity index (χ1n) is 6.34. The van der Waals surface area contributed by atoms with Gasteiger partial charge in [0.1, 0.15) is 0 Å². The molecule has 100 valence electrons. The molecule has 1 unspecified atom stereocenters. The fourth-order valence-corrected chi connectivity index (χ4v) is 2.33. The molecule has 1 saturated heterocycles. The van der Waals surface area contributed by atoms with Crippen LogP contribution in [0.5, 0.6) is 0 Å². The van der Waals surface area contributed by atoms with E-state index < -0.39 is 0 Å². The van der Waals surface area contributed by atoms with Crippen LogP contribution in [0.15, 0.2) is 18.7 Å². The second-order valence-corrected chi connectivity index (χ2v) is 4.79. The molecular weight excluding hydrogens is 230 g/mol. The number of carbonyl (C=O) groups excluding carboxylic acids is 1. The van der Waals surface area contributed by atoms with Crippen molar-refractivity contribution >= 4 is 5.91 Å². The van der Waals surface area contributed by atoms with Crippen molar-refractivity contribution in [2.75, 3.05) is 33.2 Å². The minimum absolute atomic E-state index is 0.152. The van der Waals surface area contributed by atoms with Crippen molar-refractivity contribution in [2.24, 2.45) is 5.73 Å². The number of aromatic nitrogens is 2. The number of carbonyl (C=O) groups is 1. The van der Waals surface area contributed by atoms with Crippen molar-refractivity contribution in [3.63, 3.8) is 0 Å². The van der Waals surface area contributed by atoms with E-state index in [1.807, 2.05) is 15.7 Å². The number of imidazole rings is 1. The maximum absolute atomic E-state index is 12.2. The number of nitrogens with zero attached hydrogens (tertiary/aromatic N) is 4. The molecular formula is C12H21N5O. The van der Waals surface area contributed by atoms with Gasteiger partial charge < -0.3 is 20.1 Å². The molecule has 6 heteroatoms. The van der Waals surface area contributed by atoms with Crippen molar-refractivity contribution in [2.45, 2.75) is 19.0 Å². The summed E-state index contributed by atoms with van der Waals surface area (Å²) >= 11 is 0. The van der Waals surface area contributed by atoms with E-state index >= 15 is 0 Å². The Kier molecular flexibility index (Phi) is 4.33. The molecule has 2 N–H and O–H groups in total. The second kappa shape index (κ2) is 5.97. The molecule has 2 rings (SSSR count). The zero-order valence-corrected chi connectivity index (χ0v) is 10.8. The van der Waals surface area contributed by atoms with E-state index in [4.69, 9.17) is 5.73 Å². The van der Waals surface area contributed by atoms with Crippen LogP contribution in [0, 0.1) is 0 Å². The fourth-order valence-electron chi connectivity index (χ4n) is 2.33. The van der Waals surface area contributed by atoms with E-state index in [1.54, 1.807) is 12.5 Å². The third-order valence-electron chi connectivity index (χ3n) is 3.42. The molecule has 2 heterocycles. The van der Waals surface area contributed by atoms with Crippen LogP contribution in [0.2, 0.25) is 0 Å². The lowest BCUT2D eigenvalue weighted by Gasteiger charge is -2.39. The highest BCUT2D eigenvalue weighted by molar-refractivity contribution is 5.76. The van der Waals surface area contributed by atoms with Crippen LogP contribution in [0.25, 0.3) is 0 Å². The Bertz CT molecular complexity index is 378. The Balaban J connectivity index is 1.87. The van der Waals surface area contributed by atoms with Crippen LogP contribution in [0.4, 0.5) is 0 Å². The first kappa shape index (κ1) is 13.0. The van der Waals surface area contributed by atoms with E-state index in [9.17, 15) is 4.79 Å². The van der Waals surface area contributed by atoms with Gasteiger partial charge in [0.25, 0.3) is 0 Å². The summed E-state index contributed by atoms with van der Waals surface area (Å²) in [5, 5.41) is 0. The number of aryl methyl sites for hydroxylation is 1. The normalized spacial score (nSPS) is 21.2. The monoisotopic (exact) mass is 251 g/mol. The third-order valence-corrected chi connectivity index (χ3v) is 3.42. The molecule has 0 aromatic carbocycles. The van der Waals surface area contributed by atoms with Crippen molar-refractivity contribution in [3.05, 3.63) is 18.7 Å². The minimum atomic E-state index is 0.152. The zero-order valence-electron chi connectivity index (χ0n) is 10.8. The standard InChI is InChI=1S/C12H21N5O/c1-15-6-7-17(11(8-13)9-15)12(18)2-4-16-5-3-14-10-16/h3,5,10-11H,2,4,6-9,13H2,1H3. The van der Waals surface area contributed by atoms with Gasteiger partial charge in [0.15, 0.2) is 0 Å². The average Bonchev–Trinajstić information content (AvgIpc) is 2.88. The first-order chi connectivity index (χ1) is 8.70. The molecule has 0 saturated carbocycles. The highest BCUT2D eigenvalue weighted by atomic mass is 16.2. The first-order valence-corrected chi connectivity index (χ1v) is 6.34. The molecule has 1 aromatic heterocycles. The molecule has 1 atom stereocenters. The summed E-state index contributed by atoms with van der Waals surface area (Å²) in [6.07, 6.45) is 5.84. The quantitative estimate of drug-likeness (QED) is 0.774. The van der Waals surface area contributed by atoms with E-state index in [0.717, 1.165) is 19.6 Å². The molecule has 0 radical (unpaired) electrons. The molecule has 1 amide bonds. The van der Waals surface area contributed by atoms with Crippen LogP contribution in [-0.2, 0) is 11.3 Å². The molecule has 0 aliphatic carbocycles. The lowest BCUT2D eigenvalue weighted by molar-refractivity contribution is -0.135. The van der Waals surface area contributed by atoms with Gasteiger partial charge in [-0.2, -0.15) is 0 Å². The lowest BCUT2D eigenvalue weighted by atomic mass is 10.1. The van der Waals surface area contributed by atoms with E-state index in [0.29, 0.717) is 19.5 Å². The van der Waals surface area contributed by atoms with E-state index in [-0.39, 0.29) is 11.9 Å². The molecule has 6 nitrogen and oxygen atoms in total. The highest BCUT2D eigenvalue weighted by Gasteiger charge is 2.27. The van der Waals surface area contributed by atoms with Gasteiger partial charge in [-0.1, -0.05) is 0 Å². The van der Waals surface area contributed by atoms with Crippen LogP contribution >= 0.6 is 0 Å². The number of rotatable bonds is 4. The molecule has 0 spiro atoms. The Morgan fingerprint density at radius 3 is 3.00 bits per heavy atom. The van der Waals surface area contributed by atoms with Gasteiger partial charge in [-0.05, 0) is 7.05 Å². The van der Waals surface area contributed by atoms with E-state index in [2.05, 4.69) is 16.9 Å². The molecule has 18 heavy (non-hydrogen) atoms. The molecule has 1 aliphatic heterocycles. The van der Waals surface area contributed by atoms with E-state index in [1.165, 1.54) is 0 Å². The zero-order chi connectivity index (χ0) is 13.0. The summed E-state index contributed by atoms with van der Waals surface area (Å²) in [6.45, 7) is 3.78. The Hall–Kier alpha value is -1.40. The minimum Gasteiger partial charge on any atom is -0.337 e. The number of amides is 1. The third kappa shape index (κ3) is 3.08. The van der Waals surface area contributed by atoms with Gasteiger partial charge in [0.05, 0.1) is 12.4 Å². The predicted octanol–water partition coefficient (Wildman–Crippen LogP) is -0.625. The summed E-state index contributed by atoms with van der Waals surface area (Å²) in [5.74, 6) is 0.187. The maximum Gasteiger partial charge on any atom is 0.224 e. The van der Waals surface area contributed by atoms with Gasteiger partial charge in [0.2, 0.25) is 5.91 Å². The smallest absolute Gasteiger partial charge is 0.224 e. The van der Waals surface area contributed by atoms with Gasteiger partial charge in [-0.25, -0.2) is 4.98 Å². The van der Waals surface area contributed by atoms with Crippen LogP contribution in [0.1, 0.15) is 6.42 Å². The summed E-state index contributed by atoms with van der Waals surface area (Å²) in [4.78, 5) is 20.3. The predicted molar refractivity (Wildman–Crippen MR) is 68.9 cm³/mol. The van der Waals surface area contributed by atoms with Crippen molar-refractivity contribution < 1.29 is 4.79 Å². The number of piperazine rings is 1. The summed E-state index contributed by atoms with van der Waals surface area (Å²) < 4.78 is 1.92. The molecule has 1 aromatic rings. The molecule has 1 fully saturated rings. The van der Waals surface area contributed by atoms with Crippen molar-refractivity contribution in [1.82, 2.24) is 19.4 Å². The number of hydrogen-bond donors (Lipinski definition) is 1. The summed E-state index contributed by atoms with van der Waals surface area (Å²) in [6, 6.07) is 0.152. The lowest BCUT2D eigenvalue weighted by Crippen LogP contribution is -2.56. The summed E-state index contributed by atoms with van der Waals surface area (Å²) in [7, 11) is 2.07. The Morgan fingerprint density at radius 2 is 2.33 bits per heavy atom. The molecule has 1 aliphatic rings. The highest BCUT2D eigenvalue weighted by Crippen LogP contribution is 2.09. The van der Waals surface area contributed by atoms with Crippen LogP contribution < -0.4 is 5.73 Å².